The standard InChI is InChI=1S/C11H23N3O4/c1-17-6-7-18-5-3-2-4-14-11(16)9(12)8-10(13)15/h9H,2-8,12H2,1H3,(H2,13,15)(H,14,16). The van der Waals surface area contributed by atoms with Gasteiger partial charge in [0.25, 0.3) is 0 Å². The molecule has 2 amide bonds. The summed E-state index contributed by atoms with van der Waals surface area (Å²) in [6.07, 6.45) is 1.50. The van der Waals surface area contributed by atoms with Gasteiger partial charge in [-0.05, 0) is 12.8 Å². The van der Waals surface area contributed by atoms with E-state index in [1.165, 1.54) is 0 Å². The normalized spacial score (nSPS) is 12.1. The van der Waals surface area contributed by atoms with E-state index in [9.17, 15) is 9.59 Å². The third-order valence-corrected chi connectivity index (χ3v) is 2.20. The lowest BCUT2D eigenvalue weighted by molar-refractivity contribution is -0.126. The summed E-state index contributed by atoms with van der Waals surface area (Å²) in [5.41, 5.74) is 10.4. The number of amides is 2. The van der Waals surface area contributed by atoms with Gasteiger partial charge in [-0.25, -0.2) is 0 Å². The number of carbonyl (C=O) groups excluding carboxylic acids is 2. The van der Waals surface area contributed by atoms with Crippen LogP contribution in [-0.2, 0) is 19.1 Å². The minimum atomic E-state index is -0.861. The molecule has 0 heterocycles. The molecule has 0 bridgehead atoms. The van der Waals surface area contributed by atoms with Crippen LogP contribution in [-0.4, -0.2) is 51.3 Å². The number of ether oxygens (including phenoxy) is 2. The van der Waals surface area contributed by atoms with Gasteiger partial charge in [0.05, 0.1) is 25.7 Å². The zero-order valence-electron chi connectivity index (χ0n) is 10.8. The van der Waals surface area contributed by atoms with E-state index in [2.05, 4.69) is 5.32 Å². The Balaban J connectivity index is 3.37. The molecule has 0 saturated heterocycles. The SMILES string of the molecule is COCCOCCCCNC(=O)C(N)CC(N)=O. The van der Waals surface area contributed by atoms with Gasteiger partial charge in [-0.2, -0.15) is 0 Å². The highest BCUT2D eigenvalue weighted by Gasteiger charge is 2.14. The molecule has 7 heteroatoms. The van der Waals surface area contributed by atoms with Crippen molar-refractivity contribution in [3.05, 3.63) is 0 Å². The van der Waals surface area contributed by atoms with E-state index in [4.69, 9.17) is 20.9 Å². The van der Waals surface area contributed by atoms with Crippen molar-refractivity contribution in [1.82, 2.24) is 5.32 Å². The fourth-order valence-electron chi connectivity index (χ4n) is 1.23. The molecule has 0 aliphatic rings. The molecule has 1 unspecified atom stereocenters. The maximum Gasteiger partial charge on any atom is 0.237 e. The Morgan fingerprint density at radius 2 is 1.94 bits per heavy atom. The third-order valence-electron chi connectivity index (χ3n) is 2.20. The first kappa shape index (κ1) is 16.8. The molecule has 0 aliphatic carbocycles. The topological polar surface area (TPSA) is 117 Å². The minimum Gasteiger partial charge on any atom is -0.382 e. The average molecular weight is 261 g/mol. The summed E-state index contributed by atoms with van der Waals surface area (Å²) in [5, 5.41) is 2.64. The molecule has 1 atom stereocenters. The fraction of sp³-hybridized carbons (Fsp3) is 0.818. The van der Waals surface area contributed by atoms with Gasteiger partial charge in [0.15, 0.2) is 0 Å². The van der Waals surface area contributed by atoms with Gasteiger partial charge in [-0.15, -0.1) is 0 Å². The van der Waals surface area contributed by atoms with Crippen LogP contribution < -0.4 is 16.8 Å². The monoisotopic (exact) mass is 261 g/mol. The quantitative estimate of drug-likeness (QED) is 0.402. The lowest BCUT2D eigenvalue weighted by Crippen LogP contribution is -2.43. The highest BCUT2D eigenvalue weighted by atomic mass is 16.5. The second kappa shape index (κ2) is 10.9. The molecular formula is C11H23N3O4. The maximum atomic E-state index is 11.4. The Bertz CT molecular complexity index is 248. The van der Waals surface area contributed by atoms with Gasteiger partial charge in [0.1, 0.15) is 0 Å². The van der Waals surface area contributed by atoms with Crippen LogP contribution in [0.2, 0.25) is 0 Å². The molecule has 0 aromatic carbocycles. The van der Waals surface area contributed by atoms with Gasteiger partial charge in [0, 0.05) is 20.3 Å². The molecule has 0 radical (unpaired) electrons. The van der Waals surface area contributed by atoms with Crippen molar-refractivity contribution in [1.29, 1.82) is 0 Å². The maximum absolute atomic E-state index is 11.4. The summed E-state index contributed by atoms with van der Waals surface area (Å²) in [7, 11) is 1.62. The van der Waals surface area contributed by atoms with E-state index in [-0.39, 0.29) is 12.3 Å². The first-order chi connectivity index (χ1) is 8.57. The molecule has 0 saturated carbocycles. The van der Waals surface area contributed by atoms with Crippen molar-refractivity contribution in [2.24, 2.45) is 11.5 Å². The number of unbranched alkanes of at least 4 members (excludes halogenated alkanes) is 1. The molecule has 0 spiro atoms. The first-order valence-electron chi connectivity index (χ1n) is 5.96. The number of methoxy groups -OCH3 is 1. The van der Waals surface area contributed by atoms with Crippen LogP contribution in [0.1, 0.15) is 19.3 Å². The Morgan fingerprint density at radius 3 is 2.56 bits per heavy atom. The molecular weight excluding hydrogens is 238 g/mol. The Hall–Kier alpha value is -1.18. The van der Waals surface area contributed by atoms with Crippen molar-refractivity contribution in [2.45, 2.75) is 25.3 Å². The van der Waals surface area contributed by atoms with Crippen LogP contribution in [0.3, 0.4) is 0 Å². The van der Waals surface area contributed by atoms with Gasteiger partial charge < -0.3 is 26.3 Å². The van der Waals surface area contributed by atoms with Crippen LogP contribution in [0.15, 0.2) is 0 Å². The van der Waals surface area contributed by atoms with E-state index in [1.54, 1.807) is 7.11 Å². The summed E-state index contributed by atoms with van der Waals surface area (Å²) in [4.78, 5) is 21.9. The third kappa shape index (κ3) is 10.0. The number of hydrogen-bond donors (Lipinski definition) is 3. The number of rotatable bonds is 11. The number of nitrogens with one attached hydrogen (secondary N) is 1. The molecule has 18 heavy (non-hydrogen) atoms. The van der Waals surface area contributed by atoms with Gasteiger partial charge in [0.2, 0.25) is 11.8 Å². The van der Waals surface area contributed by atoms with E-state index < -0.39 is 11.9 Å². The Morgan fingerprint density at radius 1 is 1.22 bits per heavy atom. The van der Waals surface area contributed by atoms with E-state index in [1.807, 2.05) is 0 Å². The summed E-state index contributed by atoms with van der Waals surface area (Å²) >= 11 is 0. The molecule has 0 rings (SSSR count). The van der Waals surface area contributed by atoms with Crippen LogP contribution >= 0.6 is 0 Å². The fourth-order valence-corrected chi connectivity index (χ4v) is 1.23. The Kier molecular flexibility index (Phi) is 10.2. The largest absolute Gasteiger partial charge is 0.382 e. The predicted octanol–water partition coefficient (Wildman–Crippen LogP) is -1.25. The van der Waals surface area contributed by atoms with Crippen molar-refractivity contribution >= 4 is 11.8 Å². The molecule has 106 valence electrons. The zero-order chi connectivity index (χ0) is 13.8. The van der Waals surface area contributed by atoms with Gasteiger partial charge in [-0.1, -0.05) is 0 Å². The van der Waals surface area contributed by atoms with Gasteiger partial charge in [-0.3, -0.25) is 9.59 Å². The number of hydrogen-bond acceptors (Lipinski definition) is 5. The van der Waals surface area contributed by atoms with Crippen molar-refractivity contribution in [3.63, 3.8) is 0 Å². The number of nitrogens with two attached hydrogens (primary N) is 2. The van der Waals surface area contributed by atoms with Crippen molar-refractivity contribution < 1.29 is 19.1 Å². The van der Waals surface area contributed by atoms with E-state index in [0.29, 0.717) is 26.4 Å². The summed E-state index contributed by atoms with van der Waals surface area (Å²) < 4.78 is 10.1. The van der Waals surface area contributed by atoms with E-state index in [0.717, 1.165) is 12.8 Å². The van der Waals surface area contributed by atoms with Crippen LogP contribution in [0.4, 0.5) is 0 Å². The molecule has 7 nitrogen and oxygen atoms in total. The van der Waals surface area contributed by atoms with Gasteiger partial charge >= 0.3 is 0 Å². The highest BCUT2D eigenvalue weighted by molar-refractivity contribution is 5.87. The second-order valence-corrected chi connectivity index (χ2v) is 3.88. The summed E-state index contributed by atoms with van der Waals surface area (Å²) in [5.74, 6) is -0.932. The number of carbonyl (C=O) groups is 2. The summed E-state index contributed by atoms with van der Waals surface area (Å²) in [6.45, 7) is 2.30. The molecule has 5 N–H and O–H groups in total. The molecule has 0 aromatic heterocycles. The summed E-state index contributed by atoms with van der Waals surface area (Å²) in [6, 6.07) is -0.861. The minimum absolute atomic E-state index is 0.133. The van der Waals surface area contributed by atoms with Crippen LogP contribution in [0.25, 0.3) is 0 Å². The Labute approximate surface area is 107 Å². The lowest BCUT2D eigenvalue weighted by atomic mass is 10.2. The number of primary amides is 1. The van der Waals surface area contributed by atoms with Crippen molar-refractivity contribution in [2.75, 3.05) is 33.5 Å². The lowest BCUT2D eigenvalue weighted by Gasteiger charge is -2.10. The van der Waals surface area contributed by atoms with E-state index >= 15 is 0 Å². The average Bonchev–Trinajstić information content (AvgIpc) is 2.31. The van der Waals surface area contributed by atoms with Crippen LogP contribution in [0, 0.1) is 0 Å². The predicted molar refractivity (Wildman–Crippen MR) is 66.7 cm³/mol. The molecule has 0 aromatic rings. The van der Waals surface area contributed by atoms with Crippen LogP contribution in [0.5, 0.6) is 0 Å². The first-order valence-corrected chi connectivity index (χ1v) is 5.96. The van der Waals surface area contributed by atoms with Crippen molar-refractivity contribution in [3.8, 4) is 0 Å². The molecule has 0 aliphatic heterocycles. The zero-order valence-corrected chi connectivity index (χ0v) is 10.8. The molecule has 0 fully saturated rings. The highest BCUT2D eigenvalue weighted by Crippen LogP contribution is 1.91. The second-order valence-electron chi connectivity index (χ2n) is 3.88. The smallest absolute Gasteiger partial charge is 0.237 e.